The minimum Gasteiger partial charge on any atom is -0.377 e. The smallest absolute Gasteiger partial charge is 0.138 e. The zero-order chi connectivity index (χ0) is 11.5. The Kier molecular flexibility index (Phi) is 3.59. The fraction of sp³-hybridized carbons (Fsp3) is 0.833. The van der Waals surface area contributed by atoms with Crippen LogP contribution in [0.5, 0.6) is 0 Å². The molecular weight excluding hydrogens is 202 g/mol. The Hall–Kier alpha value is -0.900. The third-order valence-electron chi connectivity index (χ3n) is 3.15. The van der Waals surface area contributed by atoms with Gasteiger partial charge in [0, 0.05) is 19.1 Å². The van der Waals surface area contributed by atoms with Crippen LogP contribution >= 0.6 is 0 Å². The lowest BCUT2D eigenvalue weighted by Crippen LogP contribution is -2.18. The molecule has 1 aromatic heterocycles. The summed E-state index contributed by atoms with van der Waals surface area (Å²) >= 11 is 0. The molecule has 2 unspecified atom stereocenters. The van der Waals surface area contributed by atoms with Crippen LogP contribution in [0, 0.1) is 5.92 Å². The zero-order valence-corrected chi connectivity index (χ0v) is 10.4. The van der Waals surface area contributed by atoms with Crippen LogP contribution in [0.2, 0.25) is 0 Å². The first-order valence-electron chi connectivity index (χ1n) is 6.21. The third kappa shape index (κ3) is 2.26. The largest absolute Gasteiger partial charge is 0.377 e. The predicted octanol–water partition coefficient (Wildman–Crippen LogP) is 2.22. The standard InChI is InChI=1S/C12H21N3O/c1-4-11-10(5-6-16-11)12-14-13-8-15(12)7-9(2)3/h8-11H,4-7H2,1-3H3. The van der Waals surface area contributed by atoms with Crippen molar-refractivity contribution in [3.8, 4) is 0 Å². The fourth-order valence-corrected chi connectivity index (χ4v) is 2.43. The molecule has 1 saturated heterocycles. The molecule has 0 N–H and O–H groups in total. The predicted molar refractivity (Wildman–Crippen MR) is 62.2 cm³/mol. The average molecular weight is 223 g/mol. The summed E-state index contributed by atoms with van der Waals surface area (Å²) in [6.45, 7) is 8.46. The highest BCUT2D eigenvalue weighted by molar-refractivity contribution is 5.02. The highest BCUT2D eigenvalue weighted by Gasteiger charge is 2.31. The van der Waals surface area contributed by atoms with Crippen LogP contribution in [-0.2, 0) is 11.3 Å². The van der Waals surface area contributed by atoms with Crippen LogP contribution in [0.4, 0.5) is 0 Å². The number of hydrogen-bond donors (Lipinski definition) is 0. The molecule has 2 atom stereocenters. The molecule has 4 nitrogen and oxygen atoms in total. The van der Waals surface area contributed by atoms with Gasteiger partial charge in [-0.1, -0.05) is 20.8 Å². The molecule has 0 amide bonds. The Balaban J connectivity index is 2.16. The maximum atomic E-state index is 5.72. The fourth-order valence-electron chi connectivity index (χ4n) is 2.43. The van der Waals surface area contributed by atoms with E-state index in [-0.39, 0.29) is 0 Å². The Labute approximate surface area is 97.0 Å². The van der Waals surface area contributed by atoms with E-state index in [1.54, 1.807) is 0 Å². The van der Waals surface area contributed by atoms with Crippen molar-refractivity contribution in [1.29, 1.82) is 0 Å². The quantitative estimate of drug-likeness (QED) is 0.785. The van der Waals surface area contributed by atoms with Crippen molar-refractivity contribution >= 4 is 0 Å². The summed E-state index contributed by atoms with van der Waals surface area (Å²) in [4.78, 5) is 0. The monoisotopic (exact) mass is 223 g/mol. The van der Waals surface area contributed by atoms with E-state index >= 15 is 0 Å². The number of nitrogens with zero attached hydrogens (tertiary/aromatic N) is 3. The molecular formula is C12H21N3O. The van der Waals surface area contributed by atoms with E-state index in [0.717, 1.165) is 31.8 Å². The van der Waals surface area contributed by atoms with Crippen molar-refractivity contribution in [3.63, 3.8) is 0 Å². The second kappa shape index (κ2) is 4.95. The van der Waals surface area contributed by atoms with E-state index in [0.29, 0.717) is 17.9 Å². The van der Waals surface area contributed by atoms with Gasteiger partial charge in [0.2, 0.25) is 0 Å². The van der Waals surface area contributed by atoms with E-state index in [4.69, 9.17) is 4.74 Å². The van der Waals surface area contributed by atoms with Gasteiger partial charge in [0.15, 0.2) is 0 Å². The maximum Gasteiger partial charge on any atom is 0.138 e. The Morgan fingerprint density at radius 3 is 3.06 bits per heavy atom. The van der Waals surface area contributed by atoms with Gasteiger partial charge in [-0.2, -0.15) is 0 Å². The van der Waals surface area contributed by atoms with Crippen molar-refractivity contribution in [1.82, 2.24) is 14.8 Å². The van der Waals surface area contributed by atoms with Gasteiger partial charge >= 0.3 is 0 Å². The van der Waals surface area contributed by atoms with Crippen LogP contribution in [0.15, 0.2) is 6.33 Å². The number of aromatic nitrogens is 3. The van der Waals surface area contributed by atoms with Gasteiger partial charge < -0.3 is 9.30 Å². The topological polar surface area (TPSA) is 39.9 Å². The number of ether oxygens (including phenoxy) is 1. The molecule has 1 fully saturated rings. The van der Waals surface area contributed by atoms with E-state index in [1.165, 1.54) is 0 Å². The molecule has 0 aromatic carbocycles. The van der Waals surface area contributed by atoms with Crippen molar-refractivity contribution in [3.05, 3.63) is 12.2 Å². The number of hydrogen-bond acceptors (Lipinski definition) is 3. The van der Waals surface area contributed by atoms with Crippen LogP contribution in [0.25, 0.3) is 0 Å². The molecule has 1 aromatic rings. The summed E-state index contributed by atoms with van der Waals surface area (Å²) in [5.41, 5.74) is 0. The van der Waals surface area contributed by atoms with Crippen LogP contribution in [-0.4, -0.2) is 27.5 Å². The molecule has 16 heavy (non-hydrogen) atoms. The third-order valence-corrected chi connectivity index (χ3v) is 3.15. The van der Waals surface area contributed by atoms with Crippen molar-refractivity contribution in [2.75, 3.05) is 6.61 Å². The minimum atomic E-state index is 0.329. The van der Waals surface area contributed by atoms with Crippen molar-refractivity contribution in [2.24, 2.45) is 5.92 Å². The number of rotatable bonds is 4. The van der Waals surface area contributed by atoms with Gasteiger partial charge in [0.25, 0.3) is 0 Å². The average Bonchev–Trinajstić information content (AvgIpc) is 2.83. The molecule has 1 aliphatic heterocycles. The van der Waals surface area contributed by atoms with Crippen LogP contribution < -0.4 is 0 Å². The minimum absolute atomic E-state index is 0.329. The Morgan fingerprint density at radius 1 is 1.56 bits per heavy atom. The molecule has 0 aliphatic carbocycles. The van der Waals surface area contributed by atoms with Gasteiger partial charge in [-0.25, -0.2) is 0 Å². The first kappa shape index (κ1) is 11.6. The summed E-state index contributed by atoms with van der Waals surface area (Å²) in [5.74, 6) is 2.17. The van der Waals surface area contributed by atoms with E-state index in [1.807, 2.05) is 6.33 Å². The van der Waals surface area contributed by atoms with Crippen LogP contribution in [0.1, 0.15) is 45.4 Å². The van der Waals surface area contributed by atoms with Crippen molar-refractivity contribution < 1.29 is 4.74 Å². The highest BCUT2D eigenvalue weighted by atomic mass is 16.5. The second-order valence-electron chi connectivity index (χ2n) is 4.95. The Bertz CT molecular complexity index is 335. The summed E-state index contributed by atoms with van der Waals surface area (Å²) in [7, 11) is 0. The van der Waals surface area contributed by atoms with E-state index in [2.05, 4.69) is 35.5 Å². The zero-order valence-electron chi connectivity index (χ0n) is 10.4. The molecule has 2 heterocycles. The summed E-state index contributed by atoms with van der Waals surface area (Å²) in [6, 6.07) is 0. The van der Waals surface area contributed by atoms with Crippen LogP contribution in [0.3, 0.4) is 0 Å². The molecule has 0 radical (unpaired) electrons. The van der Waals surface area contributed by atoms with Crippen molar-refractivity contribution in [2.45, 2.75) is 52.2 Å². The van der Waals surface area contributed by atoms with Gasteiger partial charge in [0.05, 0.1) is 6.10 Å². The molecule has 4 heteroatoms. The molecule has 0 bridgehead atoms. The molecule has 1 aliphatic rings. The SMILES string of the molecule is CCC1OCCC1c1nncn1CC(C)C. The lowest BCUT2D eigenvalue weighted by Gasteiger charge is -2.17. The lowest BCUT2D eigenvalue weighted by molar-refractivity contribution is 0.0987. The highest BCUT2D eigenvalue weighted by Crippen LogP contribution is 2.31. The Morgan fingerprint density at radius 2 is 2.38 bits per heavy atom. The lowest BCUT2D eigenvalue weighted by atomic mass is 9.98. The maximum absolute atomic E-state index is 5.72. The first-order valence-corrected chi connectivity index (χ1v) is 6.21. The molecule has 0 saturated carbocycles. The summed E-state index contributed by atoms with van der Waals surface area (Å²) < 4.78 is 7.90. The molecule has 2 rings (SSSR count). The summed E-state index contributed by atoms with van der Waals surface area (Å²) in [5, 5.41) is 8.33. The van der Waals surface area contributed by atoms with E-state index < -0.39 is 0 Å². The molecule has 90 valence electrons. The van der Waals surface area contributed by atoms with Gasteiger partial charge in [0.1, 0.15) is 12.2 Å². The van der Waals surface area contributed by atoms with Gasteiger partial charge in [-0.05, 0) is 18.8 Å². The normalized spacial score (nSPS) is 25.5. The summed E-state index contributed by atoms with van der Waals surface area (Å²) in [6.07, 6.45) is 4.31. The second-order valence-corrected chi connectivity index (χ2v) is 4.95. The molecule has 0 spiro atoms. The van der Waals surface area contributed by atoms with Gasteiger partial charge in [-0.3, -0.25) is 0 Å². The van der Waals surface area contributed by atoms with Gasteiger partial charge in [-0.15, -0.1) is 10.2 Å². The first-order chi connectivity index (χ1) is 7.72. The van der Waals surface area contributed by atoms with E-state index in [9.17, 15) is 0 Å².